The summed E-state index contributed by atoms with van der Waals surface area (Å²) in [5.41, 5.74) is 2.13. The van der Waals surface area contributed by atoms with E-state index in [0.29, 0.717) is 24.8 Å². The minimum absolute atomic E-state index is 0.0207. The van der Waals surface area contributed by atoms with Crippen molar-refractivity contribution < 1.29 is 4.79 Å². The molecule has 0 aliphatic heterocycles. The number of benzene rings is 2. The van der Waals surface area contributed by atoms with E-state index in [2.05, 4.69) is 62.0 Å². The van der Waals surface area contributed by atoms with E-state index < -0.39 is 0 Å². The van der Waals surface area contributed by atoms with Crippen molar-refractivity contribution in [1.29, 1.82) is 0 Å². The lowest BCUT2D eigenvalue weighted by Gasteiger charge is -2.12. The Bertz CT molecular complexity index is 943. The van der Waals surface area contributed by atoms with Crippen molar-refractivity contribution in [2.75, 3.05) is 12.3 Å². The Morgan fingerprint density at radius 3 is 2.55 bits per heavy atom. The van der Waals surface area contributed by atoms with Crippen LogP contribution in [0.4, 0.5) is 0 Å². The summed E-state index contributed by atoms with van der Waals surface area (Å²) in [6, 6.07) is 18.2. The van der Waals surface area contributed by atoms with Gasteiger partial charge in [-0.15, -0.1) is 10.2 Å². The van der Waals surface area contributed by atoms with Gasteiger partial charge in [0.05, 0.1) is 12.3 Å². The summed E-state index contributed by atoms with van der Waals surface area (Å²) in [5.74, 6) is 1.70. The Balaban J connectivity index is 1.79. The molecule has 0 spiro atoms. The summed E-state index contributed by atoms with van der Waals surface area (Å²) in [6.45, 7) is 5.64. The van der Waals surface area contributed by atoms with Gasteiger partial charge >= 0.3 is 0 Å². The summed E-state index contributed by atoms with van der Waals surface area (Å²) in [4.78, 5) is 12.2. The zero-order valence-corrected chi connectivity index (χ0v) is 19.0. The number of hydrogen-bond donors (Lipinski definition) is 1. The van der Waals surface area contributed by atoms with E-state index in [-0.39, 0.29) is 5.91 Å². The molecule has 0 atom stereocenters. The van der Waals surface area contributed by atoms with Gasteiger partial charge in [-0.3, -0.25) is 9.36 Å². The number of carbonyl (C=O) groups excluding carboxylic acids is 1. The van der Waals surface area contributed by atoms with Crippen LogP contribution in [-0.4, -0.2) is 33.0 Å². The fourth-order valence-electron chi connectivity index (χ4n) is 2.83. The standard InChI is InChI=1S/C22H25BrN4OS/c1-16(2)12-13-24-20(28)15-29-22-26-25-21(18-10-6-7-11-19(18)23)27(22)14-17-8-4-3-5-9-17/h3-11,16H,12-15H2,1-2H3,(H,24,28). The maximum atomic E-state index is 12.2. The van der Waals surface area contributed by atoms with Crippen molar-refractivity contribution in [3.63, 3.8) is 0 Å². The fraction of sp³-hybridized carbons (Fsp3) is 0.318. The molecule has 152 valence electrons. The molecule has 3 aromatic rings. The average molecular weight is 473 g/mol. The van der Waals surface area contributed by atoms with E-state index in [4.69, 9.17) is 0 Å². The summed E-state index contributed by atoms with van der Waals surface area (Å²) in [5, 5.41) is 12.5. The van der Waals surface area contributed by atoms with Gasteiger partial charge in [0.2, 0.25) is 5.91 Å². The molecule has 1 N–H and O–H groups in total. The van der Waals surface area contributed by atoms with Crippen LogP contribution in [-0.2, 0) is 11.3 Å². The van der Waals surface area contributed by atoms with Crippen LogP contribution in [0.1, 0.15) is 25.8 Å². The molecule has 0 unspecified atom stereocenters. The molecular weight excluding hydrogens is 448 g/mol. The Morgan fingerprint density at radius 2 is 1.83 bits per heavy atom. The number of nitrogens with zero attached hydrogens (tertiary/aromatic N) is 3. The van der Waals surface area contributed by atoms with Gasteiger partial charge in [-0.1, -0.05) is 90.1 Å². The first-order valence-corrected chi connectivity index (χ1v) is 11.4. The quantitative estimate of drug-likeness (QED) is 0.444. The zero-order chi connectivity index (χ0) is 20.6. The fourth-order valence-corrected chi connectivity index (χ4v) is 4.06. The number of amides is 1. The molecule has 1 heterocycles. The molecule has 0 saturated heterocycles. The number of carbonyl (C=O) groups is 1. The number of halogens is 1. The van der Waals surface area contributed by atoms with Gasteiger partial charge in [0.25, 0.3) is 0 Å². The minimum atomic E-state index is 0.0207. The SMILES string of the molecule is CC(C)CCNC(=O)CSc1nnc(-c2ccccc2Br)n1Cc1ccccc1. The van der Waals surface area contributed by atoms with Crippen LogP contribution in [0, 0.1) is 5.92 Å². The van der Waals surface area contributed by atoms with Crippen LogP contribution in [0.3, 0.4) is 0 Å². The number of rotatable bonds is 9. The minimum Gasteiger partial charge on any atom is -0.355 e. The molecule has 0 bridgehead atoms. The predicted molar refractivity (Wildman–Crippen MR) is 122 cm³/mol. The Hall–Kier alpha value is -2.12. The van der Waals surface area contributed by atoms with Gasteiger partial charge in [0, 0.05) is 16.6 Å². The van der Waals surface area contributed by atoms with Crippen LogP contribution in [0.25, 0.3) is 11.4 Å². The highest BCUT2D eigenvalue weighted by Crippen LogP contribution is 2.30. The third-order valence-corrected chi connectivity index (χ3v) is 6.05. The highest BCUT2D eigenvalue weighted by Gasteiger charge is 2.17. The maximum Gasteiger partial charge on any atom is 0.230 e. The molecule has 0 aliphatic rings. The molecule has 0 aliphatic carbocycles. The molecule has 5 nitrogen and oxygen atoms in total. The largest absolute Gasteiger partial charge is 0.355 e. The first-order valence-electron chi connectivity index (χ1n) is 9.66. The first-order chi connectivity index (χ1) is 14.0. The first kappa shape index (κ1) is 21.6. The normalized spacial score (nSPS) is 11.0. The highest BCUT2D eigenvalue weighted by molar-refractivity contribution is 9.10. The van der Waals surface area contributed by atoms with E-state index >= 15 is 0 Å². The number of nitrogens with one attached hydrogen (secondary N) is 1. The van der Waals surface area contributed by atoms with E-state index in [0.717, 1.165) is 33.0 Å². The van der Waals surface area contributed by atoms with Gasteiger partial charge in [-0.2, -0.15) is 0 Å². The van der Waals surface area contributed by atoms with Crippen molar-refractivity contribution in [2.24, 2.45) is 5.92 Å². The van der Waals surface area contributed by atoms with Gasteiger partial charge < -0.3 is 5.32 Å². The highest BCUT2D eigenvalue weighted by atomic mass is 79.9. The van der Waals surface area contributed by atoms with Crippen LogP contribution in [0.2, 0.25) is 0 Å². The van der Waals surface area contributed by atoms with Crippen LogP contribution >= 0.6 is 27.7 Å². The summed E-state index contributed by atoms with van der Waals surface area (Å²) in [6.07, 6.45) is 0.979. The second-order valence-electron chi connectivity index (χ2n) is 7.18. The van der Waals surface area contributed by atoms with Crippen LogP contribution in [0.5, 0.6) is 0 Å². The molecule has 0 fully saturated rings. The summed E-state index contributed by atoms with van der Waals surface area (Å²) < 4.78 is 3.03. The number of aromatic nitrogens is 3. The molecule has 2 aromatic carbocycles. The van der Waals surface area contributed by atoms with E-state index in [9.17, 15) is 4.79 Å². The molecule has 0 radical (unpaired) electrons. The smallest absolute Gasteiger partial charge is 0.230 e. The number of hydrogen-bond acceptors (Lipinski definition) is 4. The van der Waals surface area contributed by atoms with E-state index in [1.807, 2.05) is 42.5 Å². The molecule has 3 rings (SSSR count). The molecule has 0 saturated carbocycles. The lowest BCUT2D eigenvalue weighted by molar-refractivity contribution is -0.118. The van der Waals surface area contributed by atoms with Gasteiger partial charge in [-0.05, 0) is 24.0 Å². The maximum absolute atomic E-state index is 12.2. The molecular formula is C22H25BrN4OS. The van der Waals surface area contributed by atoms with Crippen LogP contribution in [0.15, 0.2) is 64.2 Å². The van der Waals surface area contributed by atoms with Crippen molar-refractivity contribution >= 4 is 33.6 Å². The third-order valence-electron chi connectivity index (χ3n) is 4.39. The Labute approximate surface area is 184 Å². The van der Waals surface area contributed by atoms with Crippen LogP contribution < -0.4 is 5.32 Å². The molecule has 1 aromatic heterocycles. The summed E-state index contributed by atoms with van der Waals surface area (Å²) >= 11 is 5.03. The molecule has 7 heteroatoms. The monoisotopic (exact) mass is 472 g/mol. The summed E-state index contributed by atoms with van der Waals surface area (Å²) in [7, 11) is 0. The van der Waals surface area contributed by atoms with Crippen molar-refractivity contribution in [3.05, 3.63) is 64.6 Å². The van der Waals surface area contributed by atoms with Gasteiger partial charge in [-0.25, -0.2) is 0 Å². The molecule has 29 heavy (non-hydrogen) atoms. The third kappa shape index (κ3) is 6.18. The predicted octanol–water partition coefficient (Wildman–Crippen LogP) is 5.01. The lowest BCUT2D eigenvalue weighted by Crippen LogP contribution is -2.27. The second-order valence-corrected chi connectivity index (χ2v) is 8.98. The van der Waals surface area contributed by atoms with Crippen molar-refractivity contribution in [1.82, 2.24) is 20.1 Å². The average Bonchev–Trinajstić information content (AvgIpc) is 3.09. The Kier molecular flexibility index (Phi) is 7.89. The van der Waals surface area contributed by atoms with Crippen molar-refractivity contribution in [2.45, 2.75) is 32.0 Å². The zero-order valence-electron chi connectivity index (χ0n) is 16.6. The lowest BCUT2D eigenvalue weighted by atomic mass is 10.1. The van der Waals surface area contributed by atoms with Gasteiger partial charge in [0.15, 0.2) is 11.0 Å². The van der Waals surface area contributed by atoms with Crippen molar-refractivity contribution in [3.8, 4) is 11.4 Å². The Morgan fingerprint density at radius 1 is 1.10 bits per heavy atom. The topological polar surface area (TPSA) is 59.8 Å². The van der Waals surface area contributed by atoms with E-state index in [1.54, 1.807) is 0 Å². The molecule has 1 amide bonds. The number of thioether (sulfide) groups is 1. The van der Waals surface area contributed by atoms with E-state index in [1.165, 1.54) is 11.8 Å². The second kappa shape index (κ2) is 10.6. The van der Waals surface area contributed by atoms with Gasteiger partial charge in [0.1, 0.15) is 0 Å².